The van der Waals surface area contributed by atoms with Crippen LogP contribution in [0.15, 0.2) is 46.9 Å². The summed E-state index contributed by atoms with van der Waals surface area (Å²) in [6.45, 7) is 2.24. The molecule has 4 rings (SSSR count). The summed E-state index contributed by atoms with van der Waals surface area (Å²) in [5, 5.41) is 35.2. The van der Waals surface area contributed by atoms with Gasteiger partial charge < -0.3 is 20.2 Å². The summed E-state index contributed by atoms with van der Waals surface area (Å²) in [5.41, 5.74) is 6.24. The first kappa shape index (κ1) is 18.1. The number of aromatic nitrogens is 1. The molecule has 0 amide bonds. The van der Waals surface area contributed by atoms with Gasteiger partial charge in [-0.3, -0.25) is 5.43 Å². The van der Waals surface area contributed by atoms with E-state index in [0.717, 1.165) is 24.3 Å². The van der Waals surface area contributed by atoms with Crippen LogP contribution in [0.25, 0.3) is 11.3 Å². The first-order valence-electron chi connectivity index (χ1n) is 8.96. The van der Waals surface area contributed by atoms with Crippen LogP contribution in [0.3, 0.4) is 0 Å². The summed E-state index contributed by atoms with van der Waals surface area (Å²) >= 11 is 1.42. The van der Waals surface area contributed by atoms with E-state index in [4.69, 9.17) is 0 Å². The van der Waals surface area contributed by atoms with E-state index in [1.165, 1.54) is 48.2 Å². The Hall–Kier alpha value is -3.26. The molecule has 1 fully saturated rings. The van der Waals surface area contributed by atoms with Crippen LogP contribution >= 0.6 is 11.3 Å². The van der Waals surface area contributed by atoms with E-state index in [9.17, 15) is 15.3 Å². The monoisotopic (exact) mass is 396 g/mol. The minimum Gasteiger partial charge on any atom is -0.504 e. The molecule has 1 aromatic heterocycles. The molecule has 1 aliphatic rings. The molecule has 4 N–H and O–H groups in total. The molecule has 144 valence electrons. The van der Waals surface area contributed by atoms with Crippen LogP contribution in [0.2, 0.25) is 0 Å². The average Bonchev–Trinajstić information content (AvgIpc) is 3.40. The highest BCUT2D eigenvalue weighted by molar-refractivity contribution is 7.14. The number of hydrazone groups is 1. The first-order chi connectivity index (χ1) is 13.6. The highest BCUT2D eigenvalue weighted by Crippen LogP contribution is 2.36. The molecule has 0 spiro atoms. The fourth-order valence-corrected chi connectivity index (χ4v) is 3.79. The molecule has 0 aliphatic carbocycles. The van der Waals surface area contributed by atoms with E-state index in [1.54, 1.807) is 0 Å². The summed E-state index contributed by atoms with van der Waals surface area (Å²) < 4.78 is 0. The number of phenols is 3. The summed E-state index contributed by atoms with van der Waals surface area (Å²) in [6.07, 6.45) is 3.86. The van der Waals surface area contributed by atoms with Gasteiger partial charge >= 0.3 is 0 Å². The minimum absolute atomic E-state index is 0.275. The fraction of sp³-hybridized carbons (Fsp3) is 0.200. The number of hydrogen-bond acceptors (Lipinski definition) is 8. The Morgan fingerprint density at radius 1 is 1.00 bits per heavy atom. The van der Waals surface area contributed by atoms with Crippen molar-refractivity contribution in [3.8, 4) is 28.5 Å². The first-order valence-corrected chi connectivity index (χ1v) is 9.83. The number of nitrogens with zero attached hydrogens (tertiary/aromatic N) is 3. The van der Waals surface area contributed by atoms with Gasteiger partial charge in [-0.25, -0.2) is 4.98 Å². The Morgan fingerprint density at radius 3 is 2.50 bits per heavy atom. The van der Waals surface area contributed by atoms with Crippen molar-refractivity contribution in [2.75, 3.05) is 23.4 Å². The van der Waals surface area contributed by atoms with Gasteiger partial charge in [-0.05, 0) is 37.1 Å². The zero-order valence-corrected chi connectivity index (χ0v) is 15.9. The van der Waals surface area contributed by atoms with Gasteiger partial charge in [0.15, 0.2) is 11.5 Å². The summed E-state index contributed by atoms with van der Waals surface area (Å²) in [5.74, 6) is -1.38. The average molecular weight is 396 g/mol. The van der Waals surface area contributed by atoms with Gasteiger partial charge in [0.05, 0.1) is 11.9 Å². The SMILES string of the molecule is Oc1ccc(/C=N/Nc2nc(-c3ccc(N4CCCC4)cc3)cs2)c(O)c1O. The van der Waals surface area contributed by atoms with Gasteiger partial charge in [0.2, 0.25) is 10.9 Å². The number of nitrogens with one attached hydrogen (secondary N) is 1. The second kappa shape index (κ2) is 7.77. The maximum Gasteiger partial charge on any atom is 0.203 e. The molecule has 0 bridgehead atoms. The van der Waals surface area contributed by atoms with Crippen LogP contribution in [0.4, 0.5) is 10.8 Å². The molecule has 28 heavy (non-hydrogen) atoms. The highest BCUT2D eigenvalue weighted by Gasteiger charge is 2.13. The van der Waals surface area contributed by atoms with E-state index in [2.05, 4.69) is 44.7 Å². The molecule has 1 saturated heterocycles. The molecule has 0 atom stereocenters. The van der Waals surface area contributed by atoms with Crippen LogP contribution in [-0.2, 0) is 0 Å². The smallest absolute Gasteiger partial charge is 0.203 e. The molecule has 1 aliphatic heterocycles. The third kappa shape index (κ3) is 3.72. The molecule has 3 aromatic rings. The molecule has 0 radical (unpaired) electrons. The van der Waals surface area contributed by atoms with Gasteiger partial charge in [-0.15, -0.1) is 11.3 Å². The Labute approximate surface area is 166 Å². The Morgan fingerprint density at radius 2 is 1.75 bits per heavy atom. The van der Waals surface area contributed by atoms with E-state index < -0.39 is 11.5 Å². The lowest BCUT2D eigenvalue weighted by atomic mass is 10.1. The molecule has 0 saturated carbocycles. The van der Waals surface area contributed by atoms with Crippen molar-refractivity contribution in [2.45, 2.75) is 12.8 Å². The number of hydrogen-bond donors (Lipinski definition) is 4. The maximum atomic E-state index is 9.78. The fourth-order valence-electron chi connectivity index (χ4n) is 3.12. The van der Waals surface area contributed by atoms with Crippen LogP contribution in [0, 0.1) is 0 Å². The van der Waals surface area contributed by atoms with Crippen LogP contribution in [0.1, 0.15) is 18.4 Å². The summed E-state index contributed by atoms with van der Waals surface area (Å²) in [6, 6.07) is 11.1. The zero-order valence-electron chi connectivity index (χ0n) is 15.0. The van der Waals surface area contributed by atoms with Crippen LogP contribution < -0.4 is 10.3 Å². The van der Waals surface area contributed by atoms with Crippen LogP contribution in [0.5, 0.6) is 17.2 Å². The van der Waals surface area contributed by atoms with Gasteiger partial charge in [-0.2, -0.15) is 5.10 Å². The zero-order chi connectivity index (χ0) is 19.5. The topological polar surface area (TPSA) is 101 Å². The van der Waals surface area contributed by atoms with Crippen molar-refractivity contribution in [3.05, 3.63) is 47.3 Å². The second-order valence-corrected chi connectivity index (χ2v) is 7.38. The third-order valence-corrected chi connectivity index (χ3v) is 5.41. The highest BCUT2D eigenvalue weighted by atomic mass is 32.1. The van der Waals surface area contributed by atoms with E-state index in [1.807, 2.05) is 5.38 Å². The lowest BCUT2D eigenvalue weighted by Gasteiger charge is -2.17. The van der Waals surface area contributed by atoms with Crippen molar-refractivity contribution in [2.24, 2.45) is 5.10 Å². The molecular weight excluding hydrogens is 376 g/mol. The number of aromatic hydroxyl groups is 3. The van der Waals surface area contributed by atoms with Gasteiger partial charge in [0.25, 0.3) is 0 Å². The molecule has 0 unspecified atom stereocenters. The van der Waals surface area contributed by atoms with Crippen LogP contribution in [-0.4, -0.2) is 39.6 Å². The summed E-state index contributed by atoms with van der Waals surface area (Å²) in [7, 11) is 0. The predicted octanol–water partition coefficient (Wildman–Crippen LogP) is 3.97. The summed E-state index contributed by atoms with van der Waals surface area (Å²) in [4.78, 5) is 6.91. The molecule has 2 heterocycles. The number of benzene rings is 2. The second-order valence-electron chi connectivity index (χ2n) is 6.52. The molecule has 7 nitrogen and oxygen atoms in total. The third-order valence-electron chi connectivity index (χ3n) is 4.66. The van der Waals surface area contributed by atoms with Crippen molar-refractivity contribution in [1.29, 1.82) is 0 Å². The Balaban J connectivity index is 1.42. The quantitative estimate of drug-likeness (QED) is 0.296. The lowest BCUT2D eigenvalue weighted by Crippen LogP contribution is -2.17. The largest absolute Gasteiger partial charge is 0.504 e. The van der Waals surface area contributed by atoms with Gasteiger partial charge in [0, 0.05) is 35.3 Å². The van der Waals surface area contributed by atoms with E-state index in [0.29, 0.717) is 5.13 Å². The Kier molecular flexibility index (Phi) is 5.03. The predicted molar refractivity (Wildman–Crippen MR) is 112 cm³/mol. The lowest BCUT2D eigenvalue weighted by molar-refractivity contribution is 0.367. The molecule has 8 heteroatoms. The van der Waals surface area contributed by atoms with E-state index in [-0.39, 0.29) is 11.3 Å². The van der Waals surface area contributed by atoms with E-state index >= 15 is 0 Å². The Bertz CT molecular complexity index is 995. The standard InChI is InChI=1S/C20H20N4O3S/c25-17-8-5-14(18(26)19(17)27)11-21-23-20-22-16(12-28-20)13-3-6-15(7-4-13)24-9-1-2-10-24/h3-8,11-12,25-27H,1-2,9-10H2,(H,22,23)/b21-11+. The van der Waals surface area contributed by atoms with Crippen molar-refractivity contribution in [3.63, 3.8) is 0 Å². The van der Waals surface area contributed by atoms with Crippen molar-refractivity contribution < 1.29 is 15.3 Å². The normalized spacial score (nSPS) is 14.1. The number of anilines is 2. The number of phenolic OH excluding ortho intramolecular Hbond substituents is 3. The molecule has 2 aromatic carbocycles. The van der Waals surface area contributed by atoms with Gasteiger partial charge in [0.1, 0.15) is 0 Å². The van der Waals surface area contributed by atoms with Gasteiger partial charge in [-0.1, -0.05) is 12.1 Å². The van der Waals surface area contributed by atoms with Crippen molar-refractivity contribution in [1.82, 2.24) is 4.98 Å². The van der Waals surface area contributed by atoms with Crippen molar-refractivity contribution >= 4 is 28.4 Å². The number of thiazole rings is 1. The maximum absolute atomic E-state index is 9.78. The minimum atomic E-state index is -0.571. The molecular formula is C20H20N4O3S. The number of rotatable bonds is 5.